The van der Waals surface area contributed by atoms with Gasteiger partial charge in [-0.15, -0.1) is 0 Å². The summed E-state index contributed by atoms with van der Waals surface area (Å²) in [5, 5.41) is 14.7. The summed E-state index contributed by atoms with van der Waals surface area (Å²) >= 11 is 0. The predicted molar refractivity (Wildman–Crippen MR) is 123 cm³/mol. The van der Waals surface area contributed by atoms with Crippen LogP contribution in [0.5, 0.6) is 0 Å². The molecule has 0 radical (unpaired) electrons. The SMILES string of the molecule is [2H]O[C@]1([2H])CC(=CC=C2CCC[C@@]3(C)C2CC[C@@H]3[C@H](C)CCCC(C)(C)O)C(=C)CC1[2H]. The van der Waals surface area contributed by atoms with Crippen molar-refractivity contribution in [3.05, 3.63) is 35.5 Å². The smallest absolute Gasteiger partial charge is 0.210 e. The number of fused-ring (bicyclic) bond motifs is 1. The van der Waals surface area contributed by atoms with Crippen LogP contribution in [0.15, 0.2) is 35.5 Å². The molecule has 0 bridgehead atoms. The fourth-order valence-corrected chi connectivity index (χ4v) is 6.41. The van der Waals surface area contributed by atoms with Crippen LogP contribution in [0.2, 0.25) is 0 Å². The van der Waals surface area contributed by atoms with E-state index in [4.69, 9.17) is 4.17 Å². The molecule has 6 atom stereocenters. The molecule has 164 valence electrons. The molecule has 3 saturated carbocycles. The molecule has 0 aromatic heterocycles. The van der Waals surface area contributed by atoms with Gasteiger partial charge in [0.05, 0.1) is 13.1 Å². The van der Waals surface area contributed by atoms with Crippen molar-refractivity contribution < 1.29 is 13.0 Å². The zero-order valence-electron chi connectivity index (χ0n) is 22.1. The summed E-state index contributed by atoms with van der Waals surface area (Å²) in [6.07, 6.45) is 12.1. The lowest BCUT2D eigenvalue weighted by atomic mass is 9.60. The maximum Gasteiger partial charge on any atom is 0.210 e. The van der Waals surface area contributed by atoms with E-state index in [2.05, 4.69) is 37.7 Å². The summed E-state index contributed by atoms with van der Waals surface area (Å²) in [5.41, 5.74) is 3.17. The van der Waals surface area contributed by atoms with Crippen molar-refractivity contribution >= 4 is 0 Å². The van der Waals surface area contributed by atoms with Gasteiger partial charge in [-0.25, -0.2) is 0 Å². The average Bonchev–Trinajstić information content (AvgIpc) is 3.06. The van der Waals surface area contributed by atoms with Crippen LogP contribution in [0, 0.1) is 23.2 Å². The molecule has 2 unspecified atom stereocenters. The summed E-state index contributed by atoms with van der Waals surface area (Å²) in [7, 11) is 0. The Hall–Kier alpha value is -0.860. The first-order valence-electron chi connectivity index (χ1n) is 13.2. The van der Waals surface area contributed by atoms with Gasteiger partial charge in [0.15, 0.2) is 0 Å². The van der Waals surface area contributed by atoms with Crippen LogP contribution in [0.1, 0.15) is 101 Å². The Morgan fingerprint density at radius 1 is 1.38 bits per heavy atom. The number of allylic oxidation sites excluding steroid dienone is 4. The van der Waals surface area contributed by atoms with Gasteiger partial charge in [-0.05, 0) is 100 Å². The van der Waals surface area contributed by atoms with Crippen LogP contribution in [0.25, 0.3) is 0 Å². The predicted octanol–water partition coefficient (Wildman–Crippen LogP) is 6.73. The minimum absolute atomic E-state index is 0.260. The Kier molecular flexibility index (Phi) is 5.92. The molecule has 0 aromatic rings. The number of rotatable bonds is 7. The Morgan fingerprint density at radius 2 is 2.17 bits per heavy atom. The number of aliphatic hydroxyl groups is 2. The van der Waals surface area contributed by atoms with Gasteiger partial charge >= 0.3 is 0 Å². The lowest BCUT2D eigenvalue weighted by Crippen LogP contribution is -2.36. The van der Waals surface area contributed by atoms with Gasteiger partial charge in [0.2, 0.25) is 1.43 Å². The molecule has 3 aliphatic rings. The van der Waals surface area contributed by atoms with Crippen molar-refractivity contribution in [1.82, 2.24) is 0 Å². The first-order valence-corrected chi connectivity index (χ1v) is 11.8. The van der Waals surface area contributed by atoms with Gasteiger partial charge in [0.25, 0.3) is 0 Å². The fourth-order valence-electron chi connectivity index (χ4n) is 6.41. The molecule has 2 heteroatoms. The Morgan fingerprint density at radius 3 is 2.90 bits per heavy atom. The maximum absolute atomic E-state index is 10.1. The topological polar surface area (TPSA) is 40.5 Å². The van der Waals surface area contributed by atoms with Gasteiger partial charge in [-0.3, -0.25) is 0 Å². The van der Waals surface area contributed by atoms with Crippen molar-refractivity contribution in [1.29, 1.82) is 1.43 Å². The normalized spacial score (nSPS) is 43.7. The third-order valence-electron chi connectivity index (χ3n) is 8.07. The van der Waals surface area contributed by atoms with Gasteiger partial charge in [0, 0.05) is 1.37 Å². The van der Waals surface area contributed by atoms with E-state index in [9.17, 15) is 5.11 Å². The zero-order valence-corrected chi connectivity index (χ0v) is 19.1. The van der Waals surface area contributed by atoms with E-state index in [0.717, 1.165) is 36.3 Å². The molecular formula is C27H44O2. The van der Waals surface area contributed by atoms with Crippen LogP contribution in [0.4, 0.5) is 0 Å². The number of hydrogen-bond donors (Lipinski definition) is 2. The molecule has 0 amide bonds. The third kappa shape index (κ3) is 5.44. The van der Waals surface area contributed by atoms with Crippen LogP contribution in [-0.2, 0) is 0 Å². The van der Waals surface area contributed by atoms with E-state index >= 15 is 0 Å². The third-order valence-corrected chi connectivity index (χ3v) is 8.07. The molecule has 3 rings (SSSR count). The van der Waals surface area contributed by atoms with Gasteiger partial charge < -0.3 is 10.2 Å². The molecule has 2 N–H and O–H groups in total. The minimum atomic E-state index is -1.50. The van der Waals surface area contributed by atoms with E-state index in [0.29, 0.717) is 23.7 Å². The van der Waals surface area contributed by atoms with E-state index in [1.807, 2.05) is 13.8 Å². The molecule has 3 aliphatic carbocycles. The van der Waals surface area contributed by atoms with Crippen molar-refractivity contribution in [2.75, 3.05) is 0 Å². The quantitative estimate of drug-likeness (QED) is 0.494. The largest absolute Gasteiger partial charge is 0.393 e. The van der Waals surface area contributed by atoms with Crippen molar-refractivity contribution in [3.8, 4) is 0 Å². The summed E-state index contributed by atoms with van der Waals surface area (Å²) in [6, 6.07) is 0. The van der Waals surface area contributed by atoms with E-state index in [1.165, 1.54) is 37.7 Å². The van der Waals surface area contributed by atoms with E-state index in [1.54, 1.807) is 0 Å². The second kappa shape index (κ2) is 9.10. The molecule has 0 heterocycles. The molecular weight excluding hydrogens is 356 g/mol. The molecule has 0 aliphatic heterocycles. The lowest BCUT2D eigenvalue weighted by Gasteiger charge is -2.44. The van der Waals surface area contributed by atoms with Crippen LogP contribution < -0.4 is 0 Å². The highest BCUT2D eigenvalue weighted by molar-refractivity contribution is 5.36. The van der Waals surface area contributed by atoms with Gasteiger partial charge in [-0.1, -0.05) is 56.6 Å². The zero-order chi connectivity index (χ0) is 23.7. The highest BCUT2D eigenvalue weighted by Gasteiger charge is 2.50. The molecule has 2 nitrogen and oxygen atoms in total. The molecule has 29 heavy (non-hydrogen) atoms. The second-order valence-electron chi connectivity index (χ2n) is 10.9. The standard InChI is InChI=1S/C27H44O2/c1-19-10-13-23(28)18-22(19)12-11-21-9-7-17-27(5)24(14-15-25(21)27)20(2)8-6-16-26(3,4)29/h11-12,20,23-25,28-29H,1,6-10,13-18H2,2-5H3/t20-,23+,24-,25?,27-/m1/s1/i13D,23D,28D/t13?,20-,23+,24-,25?,27-. The molecule has 0 aromatic carbocycles. The molecule has 0 spiro atoms. The first-order chi connectivity index (χ1) is 14.9. The van der Waals surface area contributed by atoms with Crippen molar-refractivity contribution in [2.24, 2.45) is 23.2 Å². The minimum Gasteiger partial charge on any atom is -0.393 e. The van der Waals surface area contributed by atoms with Crippen LogP contribution >= 0.6 is 0 Å². The Bertz CT molecular complexity index is 752. The summed E-state index contributed by atoms with van der Waals surface area (Å²) < 4.78 is 23.7. The van der Waals surface area contributed by atoms with Crippen molar-refractivity contribution in [2.45, 2.75) is 110 Å². The monoisotopic (exact) mass is 403 g/mol. The maximum atomic E-state index is 10.1. The molecule has 3 fully saturated rings. The van der Waals surface area contributed by atoms with Gasteiger partial charge in [0.1, 0.15) is 0 Å². The van der Waals surface area contributed by atoms with E-state index in [-0.39, 0.29) is 6.42 Å². The van der Waals surface area contributed by atoms with E-state index < -0.39 is 18.1 Å². The highest BCUT2D eigenvalue weighted by atomic mass is 16.3. The van der Waals surface area contributed by atoms with Crippen LogP contribution in [-0.4, -0.2) is 23.3 Å². The second-order valence-corrected chi connectivity index (χ2v) is 10.9. The Balaban J connectivity index is 1.72. The van der Waals surface area contributed by atoms with Gasteiger partial charge in [-0.2, -0.15) is 0 Å². The van der Waals surface area contributed by atoms with Crippen LogP contribution in [0.3, 0.4) is 0 Å². The summed E-state index contributed by atoms with van der Waals surface area (Å²) in [6.45, 7) is 12.9. The number of hydrogen-bond acceptors (Lipinski definition) is 2. The lowest BCUT2D eigenvalue weighted by molar-refractivity contribution is 0.0596. The first kappa shape index (κ1) is 18.9. The Labute approximate surface area is 183 Å². The fraction of sp³-hybridized carbons (Fsp3) is 0.778. The summed E-state index contributed by atoms with van der Waals surface area (Å²) in [4.78, 5) is 0. The highest BCUT2D eigenvalue weighted by Crippen LogP contribution is 2.60. The average molecular weight is 404 g/mol. The summed E-state index contributed by atoms with van der Waals surface area (Å²) in [5.74, 6) is 2.02. The molecule has 0 saturated heterocycles. The van der Waals surface area contributed by atoms with Crippen molar-refractivity contribution in [3.63, 3.8) is 0 Å².